The van der Waals surface area contributed by atoms with Crippen molar-refractivity contribution in [3.8, 4) is 5.75 Å². The first-order valence-corrected chi connectivity index (χ1v) is 7.25. The first-order valence-electron chi connectivity index (χ1n) is 6.10. The fourth-order valence-corrected chi connectivity index (χ4v) is 2.63. The van der Waals surface area contributed by atoms with E-state index in [1.165, 1.54) is 11.5 Å². The monoisotopic (exact) mass is 297 g/mol. The molecule has 0 spiro atoms. The normalized spacial score (nSPS) is 12.4. The Kier molecular flexibility index (Phi) is 5.13. The molecular weight excluding hydrogens is 282 g/mol. The van der Waals surface area contributed by atoms with Crippen LogP contribution in [0.2, 0.25) is 5.02 Å². The molecule has 1 aromatic carbocycles. The Morgan fingerprint density at radius 3 is 2.95 bits per heavy atom. The van der Waals surface area contributed by atoms with Crippen LogP contribution in [0, 0.1) is 0 Å². The van der Waals surface area contributed by atoms with E-state index < -0.39 is 0 Å². The molecule has 102 valence electrons. The molecule has 0 bridgehead atoms. The second kappa shape index (κ2) is 6.84. The van der Waals surface area contributed by atoms with Crippen molar-refractivity contribution < 1.29 is 4.74 Å². The summed E-state index contributed by atoms with van der Waals surface area (Å²) in [5.74, 6) is 0.680. The zero-order valence-corrected chi connectivity index (χ0v) is 12.5. The maximum atomic E-state index is 6.06. The van der Waals surface area contributed by atoms with Gasteiger partial charge >= 0.3 is 0 Å². The van der Waals surface area contributed by atoms with Gasteiger partial charge in [0, 0.05) is 0 Å². The second-order valence-corrected chi connectivity index (χ2v) is 5.33. The van der Waals surface area contributed by atoms with E-state index in [9.17, 15) is 0 Å². The number of hydrogen-bond donors (Lipinski definition) is 1. The number of nitrogens with one attached hydrogen (secondary N) is 1. The number of halogens is 1. The van der Waals surface area contributed by atoms with E-state index in [0.29, 0.717) is 10.8 Å². The fraction of sp³-hybridized carbons (Fsp3) is 0.385. The molecule has 2 rings (SSSR count). The summed E-state index contributed by atoms with van der Waals surface area (Å²) in [5.41, 5.74) is 1.10. The molecule has 1 atom stereocenters. The molecule has 0 saturated carbocycles. The molecule has 1 aromatic heterocycles. The topological polar surface area (TPSA) is 47.0 Å². The molecule has 0 saturated heterocycles. The van der Waals surface area contributed by atoms with E-state index in [0.717, 1.165) is 23.4 Å². The summed E-state index contributed by atoms with van der Waals surface area (Å²) in [5, 5.41) is 8.01. The van der Waals surface area contributed by atoms with Gasteiger partial charge in [0.25, 0.3) is 0 Å². The summed E-state index contributed by atoms with van der Waals surface area (Å²) in [6.45, 7) is 3.06. The van der Waals surface area contributed by atoms with Crippen LogP contribution in [-0.2, 0) is 0 Å². The van der Waals surface area contributed by atoms with Crippen molar-refractivity contribution in [3.63, 3.8) is 0 Å². The first kappa shape index (κ1) is 14.2. The van der Waals surface area contributed by atoms with Crippen LogP contribution in [0.1, 0.15) is 29.8 Å². The highest BCUT2D eigenvalue weighted by Gasteiger charge is 2.17. The molecule has 0 aliphatic heterocycles. The summed E-state index contributed by atoms with van der Waals surface area (Å²) < 4.78 is 9.20. The Labute approximate surface area is 121 Å². The molecule has 0 fully saturated rings. The van der Waals surface area contributed by atoms with Gasteiger partial charge in [-0.25, -0.2) is 0 Å². The Morgan fingerprint density at radius 1 is 1.47 bits per heavy atom. The number of ether oxygens (including phenoxy) is 1. The summed E-state index contributed by atoms with van der Waals surface area (Å²) in [7, 11) is 1.62. The third-order valence-electron chi connectivity index (χ3n) is 2.77. The maximum absolute atomic E-state index is 6.06. The Balaban J connectivity index is 2.32. The molecule has 19 heavy (non-hydrogen) atoms. The fourth-order valence-electron chi connectivity index (χ4n) is 1.83. The van der Waals surface area contributed by atoms with Crippen molar-refractivity contribution in [1.82, 2.24) is 14.9 Å². The lowest BCUT2D eigenvalue weighted by atomic mass is 10.1. The maximum Gasteiger partial charge on any atom is 0.137 e. The minimum Gasteiger partial charge on any atom is -0.495 e. The summed E-state index contributed by atoms with van der Waals surface area (Å²) in [4.78, 5) is 1.08. The van der Waals surface area contributed by atoms with Crippen LogP contribution in [0.3, 0.4) is 0 Å². The molecule has 1 unspecified atom stereocenters. The zero-order valence-electron chi connectivity index (χ0n) is 10.9. The average Bonchev–Trinajstić information content (AvgIpc) is 2.95. The van der Waals surface area contributed by atoms with Crippen molar-refractivity contribution in [3.05, 3.63) is 39.9 Å². The lowest BCUT2D eigenvalue weighted by Crippen LogP contribution is -2.22. The highest BCUT2D eigenvalue weighted by atomic mass is 35.5. The minimum absolute atomic E-state index is 0.0751. The minimum atomic E-state index is 0.0751. The number of nitrogens with zero attached hydrogens (tertiary/aromatic N) is 2. The molecule has 2 aromatic rings. The molecule has 1 heterocycles. The number of aromatic nitrogens is 2. The Hall–Kier alpha value is -1.17. The smallest absolute Gasteiger partial charge is 0.137 e. The Morgan fingerprint density at radius 2 is 2.32 bits per heavy atom. The summed E-state index contributed by atoms with van der Waals surface area (Å²) in [6.07, 6.45) is 2.85. The molecule has 0 amide bonds. The van der Waals surface area contributed by atoms with E-state index in [2.05, 4.69) is 21.8 Å². The van der Waals surface area contributed by atoms with E-state index in [1.54, 1.807) is 13.3 Å². The lowest BCUT2D eigenvalue weighted by Gasteiger charge is -2.17. The lowest BCUT2D eigenvalue weighted by molar-refractivity contribution is 0.414. The first-order chi connectivity index (χ1) is 9.26. The largest absolute Gasteiger partial charge is 0.495 e. The summed E-state index contributed by atoms with van der Waals surface area (Å²) in [6, 6.07) is 5.88. The van der Waals surface area contributed by atoms with Gasteiger partial charge in [-0.05, 0) is 42.2 Å². The van der Waals surface area contributed by atoms with Crippen molar-refractivity contribution in [2.75, 3.05) is 13.7 Å². The van der Waals surface area contributed by atoms with Crippen LogP contribution in [0.25, 0.3) is 0 Å². The van der Waals surface area contributed by atoms with E-state index in [4.69, 9.17) is 16.3 Å². The van der Waals surface area contributed by atoms with Crippen molar-refractivity contribution in [2.24, 2.45) is 0 Å². The highest BCUT2D eigenvalue weighted by molar-refractivity contribution is 7.05. The summed E-state index contributed by atoms with van der Waals surface area (Å²) >= 11 is 7.46. The zero-order chi connectivity index (χ0) is 13.7. The molecular formula is C13H16ClN3OS. The number of rotatable bonds is 6. The van der Waals surface area contributed by atoms with E-state index in [1.807, 2.05) is 18.2 Å². The van der Waals surface area contributed by atoms with Crippen molar-refractivity contribution in [2.45, 2.75) is 19.4 Å². The standard InChI is InChI=1S/C13H16ClN3OS/c1-3-6-15-13(12-8-16-17-19-12)9-4-5-10(14)11(7-9)18-2/h4-5,7-8,13,15H,3,6H2,1-2H3. The van der Waals surface area contributed by atoms with Gasteiger partial charge in [-0.15, -0.1) is 5.10 Å². The van der Waals surface area contributed by atoms with Gasteiger partial charge in [-0.1, -0.05) is 29.1 Å². The van der Waals surface area contributed by atoms with Crippen LogP contribution in [0.4, 0.5) is 0 Å². The quantitative estimate of drug-likeness (QED) is 0.889. The van der Waals surface area contributed by atoms with E-state index >= 15 is 0 Å². The van der Waals surface area contributed by atoms with Gasteiger partial charge in [0.2, 0.25) is 0 Å². The molecule has 6 heteroatoms. The average molecular weight is 298 g/mol. The second-order valence-electron chi connectivity index (χ2n) is 4.10. The Bertz CT molecular complexity index is 519. The molecule has 0 aliphatic rings. The van der Waals surface area contributed by atoms with Crippen LogP contribution in [0.15, 0.2) is 24.4 Å². The van der Waals surface area contributed by atoms with Crippen LogP contribution < -0.4 is 10.1 Å². The van der Waals surface area contributed by atoms with Crippen molar-refractivity contribution in [1.29, 1.82) is 0 Å². The van der Waals surface area contributed by atoms with Crippen molar-refractivity contribution >= 4 is 23.1 Å². The van der Waals surface area contributed by atoms with Crippen LogP contribution >= 0.6 is 23.1 Å². The molecule has 4 nitrogen and oxygen atoms in total. The highest BCUT2D eigenvalue weighted by Crippen LogP contribution is 2.31. The van der Waals surface area contributed by atoms with Crippen LogP contribution in [0.5, 0.6) is 5.75 Å². The van der Waals surface area contributed by atoms with Crippen LogP contribution in [-0.4, -0.2) is 23.2 Å². The third kappa shape index (κ3) is 3.43. The van der Waals surface area contributed by atoms with Gasteiger partial charge in [0.15, 0.2) is 0 Å². The van der Waals surface area contributed by atoms with E-state index in [-0.39, 0.29) is 6.04 Å². The molecule has 1 N–H and O–H groups in total. The van der Waals surface area contributed by atoms with Gasteiger partial charge in [0.1, 0.15) is 5.75 Å². The van der Waals surface area contributed by atoms with Gasteiger partial charge in [0.05, 0.1) is 29.2 Å². The molecule has 0 aliphatic carbocycles. The molecule has 0 radical (unpaired) electrons. The predicted octanol–water partition coefficient (Wildman–Crippen LogP) is 3.29. The third-order valence-corrected chi connectivity index (χ3v) is 3.81. The van der Waals surface area contributed by atoms with Gasteiger partial charge in [-0.2, -0.15) is 0 Å². The predicted molar refractivity (Wildman–Crippen MR) is 78.0 cm³/mol. The number of benzene rings is 1. The number of methoxy groups -OCH3 is 1. The SMILES string of the molecule is CCCNC(c1ccc(Cl)c(OC)c1)c1cnns1. The number of hydrogen-bond acceptors (Lipinski definition) is 5. The van der Waals surface area contributed by atoms with Gasteiger partial charge < -0.3 is 10.1 Å². The van der Waals surface area contributed by atoms with Gasteiger partial charge in [-0.3, -0.25) is 0 Å².